The lowest BCUT2D eigenvalue weighted by molar-refractivity contribution is 1.19. The normalized spacial score (nSPS) is 11.7. The van der Waals surface area contributed by atoms with Gasteiger partial charge < -0.3 is 9.47 Å². The van der Waals surface area contributed by atoms with Crippen LogP contribution in [0.4, 0.5) is 17.1 Å². The van der Waals surface area contributed by atoms with Crippen LogP contribution in [0.1, 0.15) is 0 Å². The third-order valence-electron chi connectivity index (χ3n) is 9.75. The van der Waals surface area contributed by atoms with Gasteiger partial charge in [0, 0.05) is 37.6 Å². The molecule has 0 aliphatic heterocycles. The zero-order valence-corrected chi connectivity index (χ0v) is 27.4. The smallest absolute Gasteiger partial charge is 0.0727 e. The Kier molecular flexibility index (Phi) is 6.39. The van der Waals surface area contributed by atoms with Gasteiger partial charge in [-0.05, 0) is 64.4 Å². The van der Waals surface area contributed by atoms with Gasteiger partial charge in [0.05, 0.1) is 27.1 Å². The van der Waals surface area contributed by atoms with Crippen molar-refractivity contribution >= 4 is 81.1 Å². The van der Waals surface area contributed by atoms with Crippen molar-refractivity contribution in [3.63, 3.8) is 0 Å². The third-order valence-corrected chi connectivity index (χ3v) is 11.0. The first-order valence-corrected chi connectivity index (χ1v) is 17.5. The highest BCUT2D eigenvalue weighted by atomic mass is 32.1. The van der Waals surface area contributed by atoms with E-state index in [2.05, 4.69) is 191 Å². The van der Waals surface area contributed by atoms with Crippen molar-refractivity contribution in [2.24, 2.45) is 0 Å². The highest BCUT2D eigenvalue weighted by molar-refractivity contribution is 7.27. The molecule has 0 aliphatic rings. The largest absolute Gasteiger partial charge is 0.309 e. The molecule has 49 heavy (non-hydrogen) atoms. The summed E-state index contributed by atoms with van der Waals surface area (Å²) in [6, 6.07) is 66.0. The Morgan fingerprint density at radius 2 is 1.00 bits per heavy atom. The molecule has 3 heteroatoms. The molecule has 0 unspecified atom stereocenters. The van der Waals surface area contributed by atoms with Crippen LogP contribution in [-0.2, 0) is 0 Å². The van der Waals surface area contributed by atoms with E-state index >= 15 is 0 Å². The fourth-order valence-corrected chi connectivity index (χ4v) is 8.95. The third kappa shape index (κ3) is 4.40. The van der Waals surface area contributed by atoms with Crippen molar-refractivity contribution in [3.05, 3.63) is 182 Å². The van der Waals surface area contributed by atoms with Gasteiger partial charge in [-0.2, -0.15) is 0 Å². The fourth-order valence-electron chi connectivity index (χ4n) is 7.59. The topological polar surface area (TPSA) is 8.17 Å². The lowest BCUT2D eigenvalue weighted by Crippen LogP contribution is -2.11. The summed E-state index contributed by atoms with van der Waals surface area (Å²) in [6.07, 6.45) is 0. The zero-order chi connectivity index (χ0) is 32.3. The standard InChI is InChI=1S/C46H30N2S/c1-2-19-34(20-3-1)48-43-27-9-8-24-39(43)46-44(48)40-26-13-25-38(45(40)49-46)33-18-10-21-35(30-33)47(41-28-11-16-31-14-4-6-22-36(31)41)42-29-12-17-32-15-5-7-23-37(32)42/h1-30H. The van der Waals surface area contributed by atoms with E-state index in [0.717, 1.165) is 17.1 Å². The molecule has 0 N–H and O–H groups in total. The van der Waals surface area contributed by atoms with Crippen molar-refractivity contribution in [2.75, 3.05) is 4.90 Å². The number of fused-ring (bicyclic) bond motifs is 7. The number of nitrogens with zero attached hydrogens (tertiary/aromatic N) is 2. The zero-order valence-electron chi connectivity index (χ0n) is 26.6. The fraction of sp³-hybridized carbons (Fsp3) is 0. The molecule has 0 amide bonds. The van der Waals surface area contributed by atoms with Crippen LogP contribution in [0.3, 0.4) is 0 Å². The first-order valence-electron chi connectivity index (χ1n) is 16.7. The van der Waals surface area contributed by atoms with Gasteiger partial charge in [0.15, 0.2) is 0 Å². The first kappa shape index (κ1) is 27.9. The maximum atomic E-state index is 2.44. The number of benzene rings is 8. The second-order valence-corrected chi connectivity index (χ2v) is 13.6. The minimum Gasteiger partial charge on any atom is -0.309 e. The summed E-state index contributed by atoms with van der Waals surface area (Å²) in [5.74, 6) is 0. The number of para-hydroxylation sites is 2. The molecule has 2 aromatic heterocycles. The van der Waals surface area contributed by atoms with Gasteiger partial charge in [-0.15, -0.1) is 11.3 Å². The molecule has 10 aromatic rings. The number of aromatic nitrogens is 1. The molecule has 2 nitrogen and oxygen atoms in total. The van der Waals surface area contributed by atoms with Crippen LogP contribution in [0.25, 0.3) is 69.6 Å². The van der Waals surface area contributed by atoms with Gasteiger partial charge in [-0.25, -0.2) is 0 Å². The molecule has 0 radical (unpaired) electrons. The molecular formula is C46H30N2S. The molecule has 0 saturated heterocycles. The highest BCUT2D eigenvalue weighted by Crippen LogP contribution is 2.47. The quantitative estimate of drug-likeness (QED) is 0.181. The minimum absolute atomic E-state index is 1.13. The number of hydrogen-bond acceptors (Lipinski definition) is 2. The van der Waals surface area contributed by atoms with Crippen molar-refractivity contribution < 1.29 is 0 Å². The van der Waals surface area contributed by atoms with Crippen LogP contribution < -0.4 is 4.90 Å². The predicted octanol–water partition coefficient (Wildman–Crippen LogP) is 13.4. The Hall–Kier alpha value is -6.16. The van der Waals surface area contributed by atoms with Crippen molar-refractivity contribution in [1.29, 1.82) is 0 Å². The van der Waals surface area contributed by atoms with Crippen LogP contribution in [0.5, 0.6) is 0 Å². The van der Waals surface area contributed by atoms with Crippen molar-refractivity contribution in [1.82, 2.24) is 4.57 Å². The van der Waals surface area contributed by atoms with E-state index in [9.17, 15) is 0 Å². The van der Waals surface area contributed by atoms with E-state index in [1.807, 2.05) is 11.3 Å². The van der Waals surface area contributed by atoms with Gasteiger partial charge in [0.25, 0.3) is 0 Å². The summed E-state index contributed by atoms with van der Waals surface area (Å²) in [6.45, 7) is 0. The average molecular weight is 643 g/mol. The van der Waals surface area contributed by atoms with E-state index < -0.39 is 0 Å². The van der Waals surface area contributed by atoms with Crippen LogP contribution in [0.15, 0.2) is 182 Å². The Bertz CT molecular complexity index is 2750. The molecule has 10 rings (SSSR count). The van der Waals surface area contributed by atoms with E-state index in [1.54, 1.807) is 0 Å². The molecule has 0 fully saturated rings. The summed E-state index contributed by atoms with van der Waals surface area (Å²) in [7, 11) is 0. The van der Waals surface area contributed by atoms with Crippen molar-refractivity contribution in [3.8, 4) is 16.8 Å². The van der Waals surface area contributed by atoms with Crippen LogP contribution in [-0.4, -0.2) is 4.57 Å². The summed E-state index contributed by atoms with van der Waals surface area (Å²) in [5.41, 5.74) is 9.60. The van der Waals surface area contributed by atoms with Gasteiger partial charge >= 0.3 is 0 Å². The van der Waals surface area contributed by atoms with Crippen LogP contribution in [0.2, 0.25) is 0 Å². The maximum absolute atomic E-state index is 2.44. The Labute approximate surface area is 288 Å². The van der Waals surface area contributed by atoms with Gasteiger partial charge in [0.1, 0.15) is 0 Å². The predicted molar refractivity (Wildman–Crippen MR) is 211 cm³/mol. The lowest BCUT2D eigenvalue weighted by Gasteiger charge is -2.28. The molecular weight excluding hydrogens is 613 g/mol. The van der Waals surface area contributed by atoms with Crippen molar-refractivity contribution in [2.45, 2.75) is 0 Å². The molecule has 230 valence electrons. The molecule has 0 atom stereocenters. The van der Waals surface area contributed by atoms with E-state index in [0.29, 0.717) is 0 Å². The minimum atomic E-state index is 1.13. The van der Waals surface area contributed by atoms with Gasteiger partial charge in [-0.1, -0.05) is 140 Å². The molecule has 0 saturated carbocycles. The summed E-state index contributed by atoms with van der Waals surface area (Å²) in [4.78, 5) is 2.44. The molecule has 0 bridgehead atoms. The average Bonchev–Trinajstić information content (AvgIpc) is 3.71. The monoisotopic (exact) mass is 642 g/mol. The Morgan fingerprint density at radius 1 is 0.429 bits per heavy atom. The summed E-state index contributed by atoms with van der Waals surface area (Å²) in [5, 5.41) is 7.47. The molecule has 2 heterocycles. The number of rotatable bonds is 5. The SMILES string of the molecule is c1ccc(-n2c3ccccc3c3sc4c(-c5cccc(N(c6cccc7ccccc67)c6cccc7ccccc67)c5)cccc4c32)cc1. The number of hydrogen-bond donors (Lipinski definition) is 0. The molecule has 0 spiro atoms. The second kappa shape index (κ2) is 11.2. The highest BCUT2D eigenvalue weighted by Gasteiger charge is 2.21. The van der Waals surface area contributed by atoms with E-state index in [1.165, 1.54) is 69.6 Å². The number of thiophene rings is 1. The van der Waals surface area contributed by atoms with Crippen LogP contribution in [0, 0.1) is 0 Å². The Balaban J connectivity index is 1.22. The molecule has 0 aliphatic carbocycles. The number of anilines is 3. The molecule has 8 aromatic carbocycles. The summed E-state index contributed by atoms with van der Waals surface area (Å²) < 4.78 is 5.07. The van der Waals surface area contributed by atoms with E-state index in [4.69, 9.17) is 0 Å². The van der Waals surface area contributed by atoms with Gasteiger partial charge in [0.2, 0.25) is 0 Å². The van der Waals surface area contributed by atoms with Gasteiger partial charge in [-0.3, -0.25) is 0 Å². The Morgan fingerprint density at radius 3 is 1.73 bits per heavy atom. The lowest BCUT2D eigenvalue weighted by atomic mass is 10.0. The first-order chi connectivity index (χ1) is 24.3. The maximum Gasteiger partial charge on any atom is 0.0727 e. The second-order valence-electron chi connectivity index (χ2n) is 12.5. The summed E-state index contributed by atoms with van der Waals surface area (Å²) >= 11 is 1.90. The van der Waals surface area contributed by atoms with E-state index in [-0.39, 0.29) is 0 Å². The van der Waals surface area contributed by atoms with Crippen LogP contribution >= 0.6 is 11.3 Å².